The van der Waals surface area contributed by atoms with Crippen molar-refractivity contribution in [2.24, 2.45) is 17.8 Å². The van der Waals surface area contributed by atoms with E-state index in [1.165, 1.54) is 0 Å². The predicted molar refractivity (Wildman–Crippen MR) is 94.8 cm³/mol. The van der Waals surface area contributed by atoms with E-state index in [4.69, 9.17) is 0 Å². The van der Waals surface area contributed by atoms with Gasteiger partial charge in [-0.15, -0.1) is 0 Å². The molecule has 2 heterocycles. The monoisotopic (exact) mass is 397 g/mol. The maximum absolute atomic E-state index is 15.7. The van der Waals surface area contributed by atoms with Crippen LogP contribution in [0.1, 0.15) is 43.4 Å². The Morgan fingerprint density at radius 2 is 1.89 bits per heavy atom. The molecule has 0 spiro atoms. The summed E-state index contributed by atoms with van der Waals surface area (Å²) in [6.07, 6.45) is -0.563. The smallest absolute Gasteiger partial charge is 0.325 e. The first-order chi connectivity index (χ1) is 13.2. The van der Waals surface area contributed by atoms with Gasteiger partial charge in [0.25, 0.3) is 11.5 Å². The van der Waals surface area contributed by atoms with Crippen LogP contribution in [-0.2, 0) is 0 Å². The van der Waals surface area contributed by atoms with E-state index in [0.29, 0.717) is 11.3 Å². The summed E-state index contributed by atoms with van der Waals surface area (Å²) >= 11 is 0. The van der Waals surface area contributed by atoms with E-state index in [1.807, 2.05) is 0 Å². The minimum Gasteiger partial charge on any atom is -0.387 e. The topological polar surface area (TPSA) is 89.2 Å². The first kappa shape index (κ1) is 18.2. The Morgan fingerprint density at radius 1 is 1.18 bits per heavy atom. The Bertz CT molecular complexity index is 981. The molecule has 3 fully saturated rings. The molecular weight excluding hydrogens is 375 g/mol. The third-order valence-electron chi connectivity index (χ3n) is 6.96. The van der Waals surface area contributed by atoms with Crippen LogP contribution in [0.4, 0.5) is 13.2 Å². The number of fused-ring (bicyclic) bond motifs is 2. The van der Waals surface area contributed by atoms with Crippen LogP contribution < -0.4 is 11.2 Å². The predicted octanol–water partition coefficient (Wildman–Crippen LogP) is 1.59. The maximum Gasteiger partial charge on any atom is 0.325 e. The van der Waals surface area contributed by atoms with Crippen LogP contribution in [0, 0.1) is 17.8 Å². The molecule has 1 saturated heterocycles. The number of likely N-dealkylation sites (tertiary alicyclic amines) is 1. The van der Waals surface area contributed by atoms with E-state index in [1.54, 1.807) is 11.8 Å². The Balaban J connectivity index is 1.56. The standard InChI is InChI=1S/C19H22F3N3O3/c1-7-14-12(17(27)24-18(28)23-14)11(8-2-3-8)13(20)15(7)25-5-9-4-19(21,22)16(26)10(9)6-25/h7-10,15-16,26H,2-6H2,1H3,(H2,23,24,27,28). The number of hydrogen-bond donors (Lipinski definition) is 3. The van der Waals surface area contributed by atoms with Crippen molar-refractivity contribution < 1.29 is 18.3 Å². The number of alkyl halides is 2. The van der Waals surface area contributed by atoms with Crippen molar-refractivity contribution in [3.05, 3.63) is 37.9 Å². The normalized spacial score (nSPS) is 37.2. The Labute approximate surface area is 158 Å². The summed E-state index contributed by atoms with van der Waals surface area (Å²) in [6.45, 7) is 2.17. The van der Waals surface area contributed by atoms with Gasteiger partial charge in [-0.3, -0.25) is 14.7 Å². The van der Waals surface area contributed by atoms with Crippen LogP contribution >= 0.6 is 0 Å². The number of aromatic amines is 2. The molecule has 5 unspecified atom stereocenters. The van der Waals surface area contributed by atoms with Crippen molar-refractivity contribution >= 4 is 5.57 Å². The Morgan fingerprint density at radius 3 is 2.54 bits per heavy atom. The SMILES string of the molecule is CC1c2[nH]c(=O)[nH]c(=O)c2C(C2CC2)=C(F)C1N1CC2CC(F)(F)C(O)C2C1. The van der Waals surface area contributed by atoms with Crippen molar-refractivity contribution in [1.29, 1.82) is 0 Å². The molecule has 2 saturated carbocycles. The molecule has 1 aromatic rings. The highest BCUT2D eigenvalue weighted by molar-refractivity contribution is 5.75. The van der Waals surface area contributed by atoms with E-state index in [9.17, 15) is 23.5 Å². The fraction of sp³-hybridized carbons (Fsp3) is 0.684. The molecule has 3 N–H and O–H groups in total. The molecule has 3 aliphatic carbocycles. The third-order valence-corrected chi connectivity index (χ3v) is 6.96. The highest BCUT2D eigenvalue weighted by Gasteiger charge is 2.59. The average Bonchev–Trinajstić information content (AvgIpc) is 3.32. The number of H-pyrrole nitrogens is 2. The van der Waals surface area contributed by atoms with E-state index in [0.717, 1.165) is 12.8 Å². The second kappa shape index (κ2) is 5.82. The van der Waals surface area contributed by atoms with Crippen LogP contribution in [0.15, 0.2) is 15.4 Å². The Hall–Kier alpha value is -1.87. The largest absolute Gasteiger partial charge is 0.387 e. The first-order valence-corrected chi connectivity index (χ1v) is 9.75. The van der Waals surface area contributed by atoms with Crippen LogP contribution in [0.2, 0.25) is 0 Å². The third kappa shape index (κ3) is 2.48. The van der Waals surface area contributed by atoms with Crippen molar-refractivity contribution in [3.8, 4) is 0 Å². The van der Waals surface area contributed by atoms with Gasteiger partial charge in [-0.05, 0) is 24.7 Å². The zero-order valence-corrected chi connectivity index (χ0v) is 15.3. The molecular formula is C19H22F3N3O3. The zero-order valence-electron chi connectivity index (χ0n) is 15.3. The molecule has 0 radical (unpaired) electrons. The van der Waals surface area contributed by atoms with Crippen molar-refractivity contribution in [2.45, 2.75) is 50.2 Å². The van der Waals surface area contributed by atoms with Gasteiger partial charge in [0.15, 0.2) is 0 Å². The molecule has 1 aliphatic heterocycles. The minimum atomic E-state index is -3.10. The lowest BCUT2D eigenvalue weighted by molar-refractivity contribution is -0.101. The van der Waals surface area contributed by atoms with E-state index >= 15 is 4.39 Å². The highest BCUT2D eigenvalue weighted by Crippen LogP contribution is 2.52. The van der Waals surface area contributed by atoms with E-state index in [2.05, 4.69) is 9.97 Å². The number of aromatic nitrogens is 2. The van der Waals surface area contributed by atoms with Gasteiger partial charge in [-0.1, -0.05) is 6.92 Å². The van der Waals surface area contributed by atoms with Crippen LogP contribution in [-0.4, -0.2) is 51.1 Å². The lowest BCUT2D eigenvalue weighted by Gasteiger charge is -2.37. The van der Waals surface area contributed by atoms with Crippen molar-refractivity contribution in [2.75, 3.05) is 13.1 Å². The summed E-state index contributed by atoms with van der Waals surface area (Å²) in [5.41, 5.74) is -0.257. The minimum absolute atomic E-state index is 0.0576. The summed E-state index contributed by atoms with van der Waals surface area (Å²) < 4.78 is 43.3. The fourth-order valence-electron chi connectivity index (χ4n) is 5.53. The molecule has 0 amide bonds. The van der Waals surface area contributed by atoms with Gasteiger partial charge in [0.05, 0.1) is 11.6 Å². The van der Waals surface area contributed by atoms with E-state index < -0.39 is 59.3 Å². The molecule has 6 nitrogen and oxygen atoms in total. The summed E-state index contributed by atoms with van der Waals surface area (Å²) in [6, 6.07) is -0.730. The number of aliphatic hydroxyl groups is 1. The summed E-state index contributed by atoms with van der Waals surface area (Å²) in [5.74, 6) is -5.06. The summed E-state index contributed by atoms with van der Waals surface area (Å²) in [4.78, 5) is 30.9. The number of aliphatic hydroxyl groups excluding tert-OH is 1. The summed E-state index contributed by atoms with van der Waals surface area (Å²) in [5, 5.41) is 9.98. The number of allylic oxidation sites excluding steroid dienone is 1. The zero-order chi connectivity index (χ0) is 20.0. The maximum atomic E-state index is 15.7. The van der Waals surface area contributed by atoms with Gasteiger partial charge in [0, 0.05) is 42.6 Å². The second-order valence-electron chi connectivity index (χ2n) is 8.75. The lowest BCUT2D eigenvalue weighted by atomic mass is 9.81. The van der Waals surface area contributed by atoms with Crippen LogP contribution in [0.3, 0.4) is 0 Å². The number of nitrogens with zero attached hydrogens (tertiary/aromatic N) is 1. The van der Waals surface area contributed by atoms with Crippen molar-refractivity contribution in [3.63, 3.8) is 0 Å². The molecule has 152 valence electrons. The molecule has 4 aliphatic rings. The molecule has 9 heteroatoms. The molecule has 5 atom stereocenters. The Kier molecular flexibility index (Phi) is 3.78. The van der Waals surface area contributed by atoms with Gasteiger partial charge in [0.1, 0.15) is 11.9 Å². The lowest BCUT2D eigenvalue weighted by Crippen LogP contribution is -2.45. The van der Waals surface area contributed by atoms with Crippen LogP contribution in [0.25, 0.3) is 5.57 Å². The van der Waals surface area contributed by atoms with Crippen molar-refractivity contribution in [1.82, 2.24) is 14.9 Å². The molecule has 5 rings (SSSR count). The van der Waals surface area contributed by atoms with Gasteiger partial charge < -0.3 is 10.1 Å². The summed E-state index contributed by atoms with van der Waals surface area (Å²) in [7, 11) is 0. The van der Waals surface area contributed by atoms with Gasteiger partial charge >= 0.3 is 5.69 Å². The number of rotatable bonds is 2. The molecule has 0 aromatic carbocycles. The van der Waals surface area contributed by atoms with E-state index in [-0.39, 0.29) is 24.6 Å². The molecule has 0 bridgehead atoms. The second-order valence-corrected chi connectivity index (χ2v) is 8.75. The van der Waals surface area contributed by atoms with Gasteiger partial charge in [0.2, 0.25) is 0 Å². The number of nitrogens with one attached hydrogen (secondary N) is 2. The van der Waals surface area contributed by atoms with Gasteiger partial charge in [-0.25, -0.2) is 18.0 Å². The number of hydrogen-bond acceptors (Lipinski definition) is 4. The average molecular weight is 397 g/mol. The molecule has 28 heavy (non-hydrogen) atoms. The number of halogens is 3. The van der Waals surface area contributed by atoms with Crippen LogP contribution in [0.5, 0.6) is 0 Å². The molecule has 1 aromatic heterocycles. The fourth-order valence-corrected chi connectivity index (χ4v) is 5.53. The van der Waals surface area contributed by atoms with Gasteiger partial charge in [-0.2, -0.15) is 0 Å². The first-order valence-electron chi connectivity index (χ1n) is 9.75. The quantitative estimate of drug-likeness (QED) is 0.707. The highest BCUT2D eigenvalue weighted by atomic mass is 19.3.